The van der Waals surface area contributed by atoms with Gasteiger partial charge in [0.05, 0.1) is 17.8 Å². The van der Waals surface area contributed by atoms with Crippen LogP contribution in [0.2, 0.25) is 5.02 Å². The number of aliphatic hydroxyl groups is 1. The fraction of sp³-hybridized carbons (Fsp3) is 0.0952. The second-order valence-corrected chi connectivity index (χ2v) is 7.69. The van der Waals surface area contributed by atoms with Crippen LogP contribution in [0, 0.1) is 0 Å². The molecule has 1 amide bonds. The van der Waals surface area contributed by atoms with Crippen LogP contribution < -0.4 is 0 Å². The highest BCUT2D eigenvalue weighted by molar-refractivity contribution is 7.10. The van der Waals surface area contributed by atoms with E-state index in [4.69, 9.17) is 11.6 Å². The molecule has 7 heteroatoms. The molecule has 1 aromatic carbocycles. The van der Waals surface area contributed by atoms with Crippen molar-refractivity contribution in [1.82, 2.24) is 9.88 Å². The molecule has 0 aliphatic carbocycles. The number of pyridine rings is 1. The van der Waals surface area contributed by atoms with Gasteiger partial charge in [-0.1, -0.05) is 23.7 Å². The number of aliphatic hydroxyl groups excluding tert-OH is 1. The molecule has 1 aliphatic heterocycles. The molecule has 0 spiro atoms. The molecule has 3 aromatic rings. The van der Waals surface area contributed by atoms with Gasteiger partial charge in [0.25, 0.3) is 11.7 Å². The van der Waals surface area contributed by atoms with E-state index in [-0.39, 0.29) is 17.9 Å². The number of hydrogen-bond acceptors (Lipinski definition) is 5. The summed E-state index contributed by atoms with van der Waals surface area (Å²) in [6, 6.07) is 14.9. The van der Waals surface area contributed by atoms with Crippen LogP contribution in [0.15, 0.2) is 71.7 Å². The molecule has 3 heterocycles. The lowest BCUT2D eigenvalue weighted by molar-refractivity contribution is -0.140. The standard InChI is InChI=1S/C21H15ClN2O3S/c22-14-8-6-13(7-9-14)19(25)17-18(16-5-3-11-28-16)24(21(27)20(17)26)12-15-4-1-2-10-23-15/h1-11,18,25H,12H2/b19-17-. The van der Waals surface area contributed by atoms with E-state index >= 15 is 0 Å². The van der Waals surface area contributed by atoms with Gasteiger partial charge in [0.15, 0.2) is 0 Å². The van der Waals surface area contributed by atoms with E-state index in [2.05, 4.69) is 4.98 Å². The van der Waals surface area contributed by atoms with Crippen molar-refractivity contribution in [2.24, 2.45) is 0 Å². The monoisotopic (exact) mass is 410 g/mol. The topological polar surface area (TPSA) is 70.5 Å². The average molecular weight is 411 g/mol. The Hall–Kier alpha value is -2.96. The largest absolute Gasteiger partial charge is 0.507 e. The van der Waals surface area contributed by atoms with Crippen molar-refractivity contribution in [1.29, 1.82) is 0 Å². The van der Waals surface area contributed by atoms with E-state index in [1.807, 2.05) is 23.6 Å². The molecule has 4 rings (SSSR count). The zero-order valence-electron chi connectivity index (χ0n) is 14.6. The summed E-state index contributed by atoms with van der Waals surface area (Å²) in [7, 11) is 0. The van der Waals surface area contributed by atoms with Crippen molar-refractivity contribution in [3.63, 3.8) is 0 Å². The van der Waals surface area contributed by atoms with Crippen LogP contribution in [0.25, 0.3) is 5.76 Å². The molecular formula is C21H15ClN2O3S. The Morgan fingerprint density at radius 3 is 2.54 bits per heavy atom. The minimum atomic E-state index is -0.707. The lowest BCUT2D eigenvalue weighted by Crippen LogP contribution is -2.29. The maximum absolute atomic E-state index is 12.8. The number of halogens is 1. The number of Topliss-reactive ketones (excluding diaryl/α,β-unsaturated/α-hetero) is 1. The highest BCUT2D eigenvalue weighted by Gasteiger charge is 2.46. The molecule has 0 radical (unpaired) electrons. The molecule has 1 atom stereocenters. The third-order valence-corrected chi connectivity index (χ3v) is 5.71. The first-order valence-corrected chi connectivity index (χ1v) is 9.79. The highest BCUT2D eigenvalue weighted by Crippen LogP contribution is 2.41. The van der Waals surface area contributed by atoms with Gasteiger partial charge in [-0.3, -0.25) is 14.6 Å². The molecular weight excluding hydrogens is 396 g/mol. The Labute approximate surface area is 170 Å². The summed E-state index contributed by atoms with van der Waals surface area (Å²) >= 11 is 7.34. The van der Waals surface area contributed by atoms with E-state index in [9.17, 15) is 14.7 Å². The van der Waals surface area contributed by atoms with E-state index in [1.54, 1.807) is 42.6 Å². The number of nitrogens with zero attached hydrogens (tertiary/aromatic N) is 2. The van der Waals surface area contributed by atoms with Crippen LogP contribution in [0.5, 0.6) is 0 Å². The molecule has 1 fully saturated rings. The molecule has 1 aliphatic rings. The number of thiophene rings is 1. The molecule has 1 unspecified atom stereocenters. The predicted molar refractivity (Wildman–Crippen MR) is 108 cm³/mol. The SMILES string of the molecule is O=C1C(=O)N(Cc2ccccn2)C(c2cccs2)/C1=C(/O)c1ccc(Cl)cc1. The van der Waals surface area contributed by atoms with Gasteiger partial charge in [-0.15, -0.1) is 11.3 Å². The van der Waals surface area contributed by atoms with Crippen molar-refractivity contribution < 1.29 is 14.7 Å². The van der Waals surface area contributed by atoms with Crippen LogP contribution in [0.4, 0.5) is 0 Å². The van der Waals surface area contributed by atoms with Crippen molar-refractivity contribution in [2.45, 2.75) is 12.6 Å². The third-order valence-electron chi connectivity index (χ3n) is 4.53. The molecule has 140 valence electrons. The van der Waals surface area contributed by atoms with E-state index in [0.717, 1.165) is 4.88 Å². The zero-order chi connectivity index (χ0) is 19.7. The van der Waals surface area contributed by atoms with Crippen LogP contribution >= 0.6 is 22.9 Å². The van der Waals surface area contributed by atoms with Crippen LogP contribution in [0.3, 0.4) is 0 Å². The Kier molecular flexibility index (Phi) is 4.98. The van der Waals surface area contributed by atoms with Crippen molar-refractivity contribution >= 4 is 40.4 Å². The summed E-state index contributed by atoms with van der Waals surface area (Å²) in [5.41, 5.74) is 1.17. The van der Waals surface area contributed by atoms with Gasteiger partial charge < -0.3 is 10.0 Å². The van der Waals surface area contributed by atoms with E-state index in [0.29, 0.717) is 16.3 Å². The van der Waals surface area contributed by atoms with Gasteiger partial charge in [-0.2, -0.15) is 0 Å². The fourth-order valence-corrected chi connectivity index (χ4v) is 4.19. The van der Waals surface area contributed by atoms with E-state index in [1.165, 1.54) is 16.2 Å². The van der Waals surface area contributed by atoms with Gasteiger partial charge in [0.1, 0.15) is 11.8 Å². The fourth-order valence-electron chi connectivity index (χ4n) is 3.22. The number of carbonyl (C=O) groups excluding carboxylic acids is 2. The zero-order valence-corrected chi connectivity index (χ0v) is 16.2. The van der Waals surface area contributed by atoms with Gasteiger partial charge in [-0.05, 0) is 47.8 Å². The Morgan fingerprint density at radius 2 is 1.89 bits per heavy atom. The first-order valence-electron chi connectivity index (χ1n) is 8.54. The number of carbonyl (C=O) groups is 2. The number of benzene rings is 1. The van der Waals surface area contributed by atoms with Gasteiger partial charge in [0, 0.05) is 21.7 Å². The summed E-state index contributed by atoms with van der Waals surface area (Å²) < 4.78 is 0. The Balaban J connectivity index is 1.83. The smallest absolute Gasteiger partial charge is 0.296 e. The summed E-state index contributed by atoms with van der Waals surface area (Å²) in [6.07, 6.45) is 1.64. The Bertz CT molecular complexity index is 1050. The van der Waals surface area contributed by atoms with Gasteiger partial charge in [0.2, 0.25) is 0 Å². The lowest BCUT2D eigenvalue weighted by atomic mass is 10.00. The first-order chi connectivity index (χ1) is 13.6. The molecule has 1 N–H and O–H groups in total. The molecule has 28 heavy (non-hydrogen) atoms. The van der Waals surface area contributed by atoms with Crippen molar-refractivity contribution in [3.8, 4) is 0 Å². The maximum atomic E-state index is 12.8. The van der Waals surface area contributed by atoms with Crippen molar-refractivity contribution in [2.75, 3.05) is 0 Å². The van der Waals surface area contributed by atoms with Crippen LogP contribution in [-0.4, -0.2) is 26.7 Å². The lowest BCUT2D eigenvalue weighted by Gasteiger charge is -2.23. The number of aromatic nitrogens is 1. The number of rotatable bonds is 4. The van der Waals surface area contributed by atoms with Crippen LogP contribution in [-0.2, 0) is 16.1 Å². The summed E-state index contributed by atoms with van der Waals surface area (Å²) in [6.45, 7) is 0.172. The molecule has 2 aromatic heterocycles. The molecule has 1 saturated heterocycles. The van der Waals surface area contributed by atoms with E-state index < -0.39 is 17.7 Å². The van der Waals surface area contributed by atoms with Crippen LogP contribution in [0.1, 0.15) is 22.2 Å². The van der Waals surface area contributed by atoms with Gasteiger partial charge >= 0.3 is 0 Å². The van der Waals surface area contributed by atoms with Gasteiger partial charge in [-0.25, -0.2) is 0 Å². The average Bonchev–Trinajstić information content (AvgIpc) is 3.32. The first kappa shape index (κ1) is 18.4. The molecule has 0 bridgehead atoms. The number of ketones is 1. The summed E-state index contributed by atoms with van der Waals surface area (Å²) in [4.78, 5) is 32.2. The number of likely N-dealkylation sites (tertiary alicyclic amines) is 1. The van der Waals surface area contributed by atoms with Crippen molar-refractivity contribution in [3.05, 3.63) is 92.9 Å². The predicted octanol–water partition coefficient (Wildman–Crippen LogP) is 4.42. The summed E-state index contributed by atoms with van der Waals surface area (Å²) in [5, 5.41) is 13.3. The number of hydrogen-bond donors (Lipinski definition) is 1. The second kappa shape index (κ2) is 7.58. The number of amides is 1. The Morgan fingerprint density at radius 1 is 1.11 bits per heavy atom. The third kappa shape index (κ3) is 3.32. The second-order valence-electron chi connectivity index (χ2n) is 6.27. The maximum Gasteiger partial charge on any atom is 0.296 e. The minimum Gasteiger partial charge on any atom is -0.507 e. The quantitative estimate of drug-likeness (QED) is 0.392. The normalized spacial score (nSPS) is 18.6. The molecule has 5 nitrogen and oxygen atoms in total. The highest BCUT2D eigenvalue weighted by atomic mass is 35.5. The summed E-state index contributed by atoms with van der Waals surface area (Å²) in [5.74, 6) is -1.57. The minimum absolute atomic E-state index is 0.0747. The molecule has 0 saturated carbocycles.